The van der Waals surface area contributed by atoms with Crippen molar-refractivity contribution < 1.29 is 0 Å². The average molecular weight is 207 g/mol. The molecule has 0 heteroatoms. The van der Waals surface area contributed by atoms with Crippen molar-refractivity contribution in [2.24, 2.45) is 11.8 Å². The van der Waals surface area contributed by atoms with E-state index in [2.05, 4.69) is 52.8 Å². The number of unbranched alkanes of at least 4 members (excludes halogenated alkanes) is 2. The Morgan fingerprint density at radius 1 is 1.27 bits per heavy atom. The molecule has 1 radical (unpaired) electrons. The zero-order chi connectivity index (χ0) is 11.7. The Hall–Kier alpha value is -0.520. The largest absolute Gasteiger partial charge is 0.0883 e. The third-order valence-corrected chi connectivity index (χ3v) is 2.50. The van der Waals surface area contributed by atoms with Gasteiger partial charge in [0.25, 0.3) is 0 Å². The Labute approximate surface area is 96.5 Å². The summed E-state index contributed by atoms with van der Waals surface area (Å²) in [7, 11) is 0. The average Bonchev–Trinajstić information content (AvgIpc) is 2.10. The summed E-state index contributed by atoms with van der Waals surface area (Å²) in [6.07, 6.45) is 12.0. The van der Waals surface area contributed by atoms with E-state index < -0.39 is 0 Å². The fraction of sp³-hybridized carbons (Fsp3) is 0.667. The maximum atomic E-state index is 3.92. The molecule has 2 atom stereocenters. The molecule has 0 rings (SSSR count). The predicted octanol–water partition coefficient (Wildman–Crippen LogP) is 5.18. The van der Waals surface area contributed by atoms with E-state index in [0.717, 1.165) is 0 Å². The molecule has 0 aromatic carbocycles. The molecule has 0 bridgehead atoms. The van der Waals surface area contributed by atoms with Gasteiger partial charge in [0.05, 0.1) is 0 Å². The molecule has 0 aromatic rings. The molecule has 0 saturated carbocycles. The van der Waals surface area contributed by atoms with Crippen LogP contribution in [0.3, 0.4) is 0 Å². The lowest BCUT2D eigenvalue weighted by Crippen LogP contribution is -1.98. The molecule has 2 unspecified atom stereocenters. The number of hydrogen-bond acceptors (Lipinski definition) is 0. The summed E-state index contributed by atoms with van der Waals surface area (Å²) in [5.41, 5.74) is 1.18. The van der Waals surface area contributed by atoms with Crippen LogP contribution in [0.25, 0.3) is 0 Å². The lowest BCUT2D eigenvalue weighted by Gasteiger charge is -2.11. The monoisotopic (exact) mass is 207 g/mol. The molecule has 87 valence electrons. The molecule has 0 saturated heterocycles. The topological polar surface area (TPSA) is 0 Å². The van der Waals surface area contributed by atoms with E-state index >= 15 is 0 Å². The van der Waals surface area contributed by atoms with Gasteiger partial charge >= 0.3 is 0 Å². The normalized spacial score (nSPS) is 17.0. The lowest BCUT2D eigenvalue weighted by atomic mass is 9.95. The van der Waals surface area contributed by atoms with E-state index in [-0.39, 0.29) is 0 Å². The second-order valence-electron chi connectivity index (χ2n) is 4.77. The smallest absolute Gasteiger partial charge is 0.0254 e. The van der Waals surface area contributed by atoms with Crippen molar-refractivity contribution in [3.05, 3.63) is 30.7 Å². The zero-order valence-electron chi connectivity index (χ0n) is 10.9. The van der Waals surface area contributed by atoms with Gasteiger partial charge in [-0.1, -0.05) is 57.4 Å². The van der Waals surface area contributed by atoms with Crippen LogP contribution in [0, 0.1) is 18.8 Å². The molecular formula is C15H27. The van der Waals surface area contributed by atoms with E-state index in [1.54, 1.807) is 0 Å². The molecule has 0 aliphatic rings. The van der Waals surface area contributed by atoms with Gasteiger partial charge in [-0.3, -0.25) is 0 Å². The van der Waals surface area contributed by atoms with Crippen molar-refractivity contribution in [3.63, 3.8) is 0 Å². The summed E-state index contributed by atoms with van der Waals surface area (Å²) in [4.78, 5) is 0. The number of rotatable bonds is 7. The highest BCUT2D eigenvalue weighted by molar-refractivity contribution is 5.03. The second-order valence-corrected chi connectivity index (χ2v) is 4.77. The Morgan fingerprint density at radius 3 is 2.47 bits per heavy atom. The standard InChI is InChI=1S/C15H27/c1-6-7-8-9-10-14(4)12-15(5)11-13(2)3/h9-11,14-15H,2,6-8,12H2,1,3-5H3/b10-9+,13-11-. The lowest BCUT2D eigenvalue weighted by molar-refractivity contribution is 0.541. The van der Waals surface area contributed by atoms with Crippen molar-refractivity contribution in [3.8, 4) is 0 Å². The van der Waals surface area contributed by atoms with E-state index in [4.69, 9.17) is 0 Å². The van der Waals surface area contributed by atoms with Gasteiger partial charge < -0.3 is 0 Å². The maximum absolute atomic E-state index is 3.92. The summed E-state index contributed by atoms with van der Waals surface area (Å²) in [6, 6.07) is 0. The maximum Gasteiger partial charge on any atom is -0.0254 e. The van der Waals surface area contributed by atoms with Crippen LogP contribution in [-0.2, 0) is 0 Å². The van der Waals surface area contributed by atoms with E-state index in [1.807, 2.05) is 0 Å². The summed E-state index contributed by atoms with van der Waals surface area (Å²) < 4.78 is 0. The molecule has 0 fully saturated rings. The minimum Gasteiger partial charge on any atom is -0.0883 e. The third-order valence-electron chi connectivity index (χ3n) is 2.50. The fourth-order valence-electron chi connectivity index (χ4n) is 1.87. The predicted molar refractivity (Wildman–Crippen MR) is 70.7 cm³/mol. The first-order valence-electron chi connectivity index (χ1n) is 6.23. The van der Waals surface area contributed by atoms with Gasteiger partial charge in [0.15, 0.2) is 0 Å². The van der Waals surface area contributed by atoms with Crippen molar-refractivity contribution in [1.82, 2.24) is 0 Å². The van der Waals surface area contributed by atoms with Gasteiger partial charge in [-0.15, -0.1) is 0 Å². The van der Waals surface area contributed by atoms with Gasteiger partial charge in [0, 0.05) is 0 Å². The molecule has 0 spiro atoms. The van der Waals surface area contributed by atoms with Gasteiger partial charge in [-0.25, -0.2) is 0 Å². The second kappa shape index (κ2) is 8.76. The van der Waals surface area contributed by atoms with Crippen LogP contribution in [-0.4, -0.2) is 0 Å². The molecule has 15 heavy (non-hydrogen) atoms. The number of allylic oxidation sites excluding steroid dienone is 4. The van der Waals surface area contributed by atoms with Crippen LogP contribution in [0.15, 0.2) is 23.8 Å². The van der Waals surface area contributed by atoms with Crippen LogP contribution in [0.4, 0.5) is 0 Å². The van der Waals surface area contributed by atoms with Crippen LogP contribution in [0.5, 0.6) is 0 Å². The quantitative estimate of drug-likeness (QED) is 0.399. The third kappa shape index (κ3) is 9.78. The molecule has 0 aliphatic heterocycles. The molecule has 0 aromatic heterocycles. The summed E-state index contributed by atoms with van der Waals surface area (Å²) in [6.45, 7) is 12.8. The Kier molecular flexibility index (Phi) is 8.46. The zero-order valence-corrected chi connectivity index (χ0v) is 10.9. The van der Waals surface area contributed by atoms with Gasteiger partial charge in [0.1, 0.15) is 0 Å². The molecule has 0 heterocycles. The molecular weight excluding hydrogens is 180 g/mol. The summed E-state index contributed by atoms with van der Waals surface area (Å²) in [5.74, 6) is 1.33. The van der Waals surface area contributed by atoms with Crippen LogP contribution < -0.4 is 0 Å². The van der Waals surface area contributed by atoms with Gasteiger partial charge in [0.2, 0.25) is 0 Å². The van der Waals surface area contributed by atoms with E-state index in [0.29, 0.717) is 11.8 Å². The Bertz CT molecular complexity index is 194. The molecule has 0 amide bonds. The highest BCUT2D eigenvalue weighted by Gasteiger charge is 2.02. The van der Waals surface area contributed by atoms with Gasteiger partial charge in [-0.2, -0.15) is 0 Å². The summed E-state index contributed by atoms with van der Waals surface area (Å²) >= 11 is 0. The van der Waals surface area contributed by atoms with Crippen LogP contribution >= 0.6 is 0 Å². The molecule has 0 nitrogen and oxygen atoms in total. The Balaban J connectivity index is 3.77. The molecule has 0 N–H and O–H groups in total. The van der Waals surface area contributed by atoms with E-state index in [9.17, 15) is 0 Å². The first-order valence-corrected chi connectivity index (χ1v) is 6.23. The first-order chi connectivity index (χ1) is 7.06. The highest BCUT2D eigenvalue weighted by Crippen LogP contribution is 2.16. The van der Waals surface area contributed by atoms with Crippen LogP contribution in [0.1, 0.15) is 53.4 Å². The summed E-state index contributed by atoms with van der Waals surface area (Å²) in [5, 5.41) is 0. The SMILES string of the molecule is [CH2]/C(C)=C/C(C)CC(C)/C=C/CCCC. The number of hydrogen-bond donors (Lipinski definition) is 0. The van der Waals surface area contributed by atoms with Crippen molar-refractivity contribution in [2.75, 3.05) is 0 Å². The van der Waals surface area contributed by atoms with Gasteiger partial charge in [-0.05, 0) is 38.5 Å². The molecule has 0 aliphatic carbocycles. The van der Waals surface area contributed by atoms with Crippen LogP contribution in [0.2, 0.25) is 0 Å². The van der Waals surface area contributed by atoms with Crippen molar-refractivity contribution >= 4 is 0 Å². The van der Waals surface area contributed by atoms with E-state index in [1.165, 1.54) is 31.3 Å². The Morgan fingerprint density at radius 2 is 1.93 bits per heavy atom. The minimum atomic E-state index is 0.647. The highest BCUT2D eigenvalue weighted by atomic mass is 14.1. The minimum absolute atomic E-state index is 0.647. The van der Waals surface area contributed by atoms with Crippen molar-refractivity contribution in [2.45, 2.75) is 53.4 Å². The first kappa shape index (κ1) is 14.5. The van der Waals surface area contributed by atoms with Crippen molar-refractivity contribution in [1.29, 1.82) is 0 Å². The fourth-order valence-corrected chi connectivity index (χ4v) is 1.87.